The zero-order chi connectivity index (χ0) is 17.7. The fourth-order valence-corrected chi connectivity index (χ4v) is 6.25. The molecule has 0 aromatic heterocycles. The first-order valence-electron chi connectivity index (χ1n) is 9.90. The maximum Gasteiger partial charge on any atom is 0.115 e. The third-order valence-electron chi connectivity index (χ3n) is 7.08. The highest BCUT2D eigenvalue weighted by atomic mass is 16.3. The fraction of sp³-hybridized carbons (Fsp3) is 0.417. The third-order valence-corrected chi connectivity index (χ3v) is 7.08. The highest BCUT2D eigenvalue weighted by Crippen LogP contribution is 2.63. The second kappa shape index (κ2) is 5.90. The van der Waals surface area contributed by atoms with Crippen LogP contribution in [-0.2, 0) is 11.8 Å². The molecule has 2 aromatic carbocycles. The Bertz CT molecular complexity index is 818. The van der Waals surface area contributed by atoms with Crippen LogP contribution in [0.5, 0.6) is 11.5 Å². The van der Waals surface area contributed by atoms with Crippen molar-refractivity contribution in [3.63, 3.8) is 0 Å². The van der Waals surface area contributed by atoms with Crippen LogP contribution in [0, 0.1) is 17.8 Å². The molecule has 134 valence electrons. The molecular weight excluding hydrogens is 320 g/mol. The predicted molar refractivity (Wildman–Crippen MR) is 103 cm³/mol. The van der Waals surface area contributed by atoms with Crippen molar-refractivity contribution in [1.82, 2.24) is 0 Å². The van der Waals surface area contributed by atoms with E-state index in [1.807, 2.05) is 24.3 Å². The number of allylic oxidation sites excluding steroid dienone is 2. The standard InChI is InChI=1S/C24H26O2/c25-21-6-1-16(2-7-21)3-10-23-19-12-17-11-18(13-19)15-24(23,14-17)20-4-8-22(26)9-5-20/h1-2,4-10,17-19,25-26H,3,11-15H2/b23-10+/t17-,18+,19?,24?. The van der Waals surface area contributed by atoms with Crippen LogP contribution in [0.25, 0.3) is 0 Å². The quantitative estimate of drug-likeness (QED) is 0.736. The van der Waals surface area contributed by atoms with Crippen molar-refractivity contribution in [1.29, 1.82) is 0 Å². The molecule has 4 aliphatic rings. The lowest BCUT2D eigenvalue weighted by atomic mass is 9.45. The van der Waals surface area contributed by atoms with Gasteiger partial charge >= 0.3 is 0 Å². The van der Waals surface area contributed by atoms with Crippen molar-refractivity contribution in [3.05, 3.63) is 71.3 Å². The SMILES string of the molecule is Oc1ccc(C/C=C2\C3C[C@@H]4C[C@H](C3)CC2(c2ccc(O)cc2)C4)cc1. The normalized spacial score (nSPS) is 33.7. The smallest absolute Gasteiger partial charge is 0.115 e. The Morgan fingerprint density at radius 3 is 2.00 bits per heavy atom. The summed E-state index contributed by atoms with van der Waals surface area (Å²) >= 11 is 0. The molecule has 4 fully saturated rings. The van der Waals surface area contributed by atoms with Crippen molar-refractivity contribution in [3.8, 4) is 11.5 Å². The first kappa shape index (κ1) is 16.0. The molecule has 2 N–H and O–H groups in total. The van der Waals surface area contributed by atoms with Gasteiger partial charge in [-0.15, -0.1) is 0 Å². The van der Waals surface area contributed by atoms with Gasteiger partial charge in [0.2, 0.25) is 0 Å². The zero-order valence-electron chi connectivity index (χ0n) is 15.1. The average Bonchev–Trinajstić information content (AvgIpc) is 2.62. The van der Waals surface area contributed by atoms with Crippen LogP contribution < -0.4 is 0 Å². The Labute approximate surface area is 155 Å². The topological polar surface area (TPSA) is 40.5 Å². The van der Waals surface area contributed by atoms with E-state index in [1.165, 1.54) is 43.2 Å². The highest BCUT2D eigenvalue weighted by molar-refractivity contribution is 5.44. The van der Waals surface area contributed by atoms with E-state index in [0.717, 1.165) is 24.2 Å². The summed E-state index contributed by atoms with van der Waals surface area (Å²) in [6.45, 7) is 0. The number of hydrogen-bond acceptors (Lipinski definition) is 2. The minimum atomic E-state index is 0.180. The largest absolute Gasteiger partial charge is 0.508 e. The van der Waals surface area contributed by atoms with Gasteiger partial charge in [-0.2, -0.15) is 0 Å². The lowest BCUT2D eigenvalue weighted by Crippen LogP contribution is -2.50. The second-order valence-corrected chi connectivity index (χ2v) is 8.70. The molecular formula is C24H26O2. The summed E-state index contributed by atoms with van der Waals surface area (Å²) in [5, 5.41) is 19.3. The number of phenolic OH excluding ortho intramolecular Hbond substituents is 2. The second-order valence-electron chi connectivity index (χ2n) is 8.70. The van der Waals surface area contributed by atoms with Gasteiger partial charge in [0.15, 0.2) is 0 Å². The van der Waals surface area contributed by atoms with Gasteiger partial charge in [0.05, 0.1) is 0 Å². The molecule has 2 unspecified atom stereocenters. The molecule has 4 atom stereocenters. The van der Waals surface area contributed by atoms with Gasteiger partial charge in [0, 0.05) is 5.41 Å². The Kier molecular flexibility index (Phi) is 3.63. The van der Waals surface area contributed by atoms with Crippen LogP contribution >= 0.6 is 0 Å². The van der Waals surface area contributed by atoms with Crippen LogP contribution in [-0.4, -0.2) is 10.2 Å². The van der Waals surface area contributed by atoms with E-state index in [4.69, 9.17) is 0 Å². The van der Waals surface area contributed by atoms with Gasteiger partial charge in [0.1, 0.15) is 11.5 Å². The molecule has 2 aromatic rings. The van der Waals surface area contributed by atoms with Crippen LogP contribution in [0.1, 0.15) is 43.2 Å². The van der Waals surface area contributed by atoms with Crippen molar-refractivity contribution in [2.45, 2.75) is 43.9 Å². The molecule has 0 spiro atoms. The number of benzene rings is 2. The summed E-state index contributed by atoms with van der Waals surface area (Å²) in [5.74, 6) is 3.15. The molecule has 4 bridgehead atoms. The maximum absolute atomic E-state index is 9.74. The van der Waals surface area contributed by atoms with Crippen LogP contribution in [0.4, 0.5) is 0 Å². The average molecular weight is 346 g/mol. The summed E-state index contributed by atoms with van der Waals surface area (Å²) in [6.07, 6.45) is 10.1. The molecule has 0 heterocycles. The van der Waals surface area contributed by atoms with E-state index in [2.05, 4.69) is 18.2 Å². The Morgan fingerprint density at radius 2 is 1.38 bits per heavy atom. The Morgan fingerprint density at radius 1 is 0.808 bits per heavy atom. The van der Waals surface area contributed by atoms with Gasteiger partial charge in [0.25, 0.3) is 0 Å². The molecule has 0 saturated heterocycles. The molecule has 0 aliphatic heterocycles. The van der Waals surface area contributed by atoms with E-state index in [1.54, 1.807) is 17.7 Å². The van der Waals surface area contributed by atoms with Crippen molar-refractivity contribution < 1.29 is 10.2 Å². The van der Waals surface area contributed by atoms with E-state index < -0.39 is 0 Å². The Hall–Kier alpha value is -2.22. The summed E-state index contributed by atoms with van der Waals surface area (Å²) in [5.41, 5.74) is 4.47. The van der Waals surface area contributed by atoms with Crippen LogP contribution in [0.15, 0.2) is 60.2 Å². The van der Waals surface area contributed by atoms with Crippen LogP contribution in [0.3, 0.4) is 0 Å². The van der Waals surface area contributed by atoms with E-state index in [0.29, 0.717) is 11.5 Å². The number of rotatable bonds is 3. The molecule has 4 aliphatic carbocycles. The van der Waals surface area contributed by atoms with Crippen LogP contribution in [0.2, 0.25) is 0 Å². The minimum Gasteiger partial charge on any atom is -0.508 e. The highest BCUT2D eigenvalue weighted by Gasteiger charge is 2.54. The monoisotopic (exact) mass is 346 g/mol. The van der Waals surface area contributed by atoms with Crippen molar-refractivity contribution in [2.24, 2.45) is 17.8 Å². The van der Waals surface area contributed by atoms with Gasteiger partial charge < -0.3 is 10.2 Å². The lowest BCUT2D eigenvalue weighted by Gasteiger charge is -2.59. The number of aromatic hydroxyl groups is 2. The van der Waals surface area contributed by atoms with Gasteiger partial charge in [-0.1, -0.05) is 35.9 Å². The van der Waals surface area contributed by atoms with Crippen molar-refractivity contribution >= 4 is 0 Å². The molecule has 0 radical (unpaired) electrons. The molecule has 2 nitrogen and oxygen atoms in total. The Balaban J connectivity index is 1.54. The fourth-order valence-electron chi connectivity index (χ4n) is 6.25. The molecule has 6 rings (SSSR count). The predicted octanol–water partition coefficient (Wildman–Crippen LogP) is 5.34. The zero-order valence-corrected chi connectivity index (χ0v) is 15.1. The summed E-state index contributed by atoms with van der Waals surface area (Å²) in [6, 6.07) is 15.6. The first-order chi connectivity index (χ1) is 12.6. The molecule has 4 saturated carbocycles. The van der Waals surface area contributed by atoms with E-state index >= 15 is 0 Å². The molecule has 0 amide bonds. The van der Waals surface area contributed by atoms with Gasteiger partial charge in [-0.05, 0) is 91.7 Å². The maximum atomic E-state index is 9.74. The molecule has 26 heavy (non-hydrogen) atoms. The number of hydrogen-bond donors (Lipinski definition) is 2. The van der Waals surface area contributed by atoms with E-state index in [9.17, 15) is 10.2 Å². The van der Waals surface area contributed by atoms with Gasteiger partial charge in [-0.25, -0.2) is 0 Å². The summed E-state index contributed by atoms with van der Waals surface area (Å²) in [4.78, 5) is 0. The first-order valence-corrected chi connectivity index (χ1v) is 9.90. The third kappa shape index (κ3) is 2.55. The molecule has 2 heteroatoms. The van der Waals surface area contributed by atoms with Gasteiger partial charge in [-0.3, -0.25) is 0 Å². The van der Waals surface area contributed by atoms with E-state index in [-0.39, 0.29) is 5.41 Å². The lowest BCUT2D eigenvalue weighted by molar-refractivity contribution is 0.0463. The van der Waals surface area contributed by atoms with Crippen molar-refractivity contribution in [2.75, 3.05) is 0 Å². The minimum absolute atomic E-state index is 0.180. The summed E-state index contributed by atoms with van der Waals surface area (Å²) < 4.78 is 0. The summed E-state index contributed by atoms with van der Waals surface area (Å²) in [7, 11) is 0. The number of phenols is 2.